The Balaban J connectivity index is 1.88. The van der Waals surface area contributed by atoms with Crippen LogP contribution in [0, 0.1) is 5.41 Å². The molecule has 1 fully saturated rings. The third kappa shape index (κ3) is 5.19. The molecule has 1 aliphatic rings. The van der Waals surface area contributed by atoms with Gasteiger partial charge in [-0.05, 0) is 44.6 Å². The molecular formula is C18H29N3O3. The first-order valence-electron chi connectivity index (χ1n) is 8.48. The number of ether oxygens (including phenoxy) is 2. The molecule has 0 bridgehead atoms. The van der Waals surface area contributed by atoms with Crippen LogP contribution >= 0.6 is 0 Å². The molecule has 1 aliphatic heterocycles. The lowest BCUT2D eigenvalue weighted by Crippen LogP contribution is -2.48. The van der Waals surface area contributed by atoms with Crippen LogP contribution in [0.2, 0.25) is 0 Å². The minimum atomic E-state index is -0.488. The molecule has 0 aliphatic carbocycles. The largest absolute Gasteiger partial charge is 0.492 e. The van der Waals surface area contributed by atoms with Gasteiger partial charge in [-0.2, -0.15) is 0 Å². The number of hydrogen-bond acceptors (Lipinski definition) is 5. The van der Waals surface area contributed by atoms with Crippen molar-refractivity contribution in [2.45, 2.75) is 19.4 Å². The van der Waals surface area contributed by atoms with Gasteiger partial charge in [0.15, 0.2) is 0 Å². The second-order valence-electron chi connectivity index (χ2n) is 6.58. The molecule has 0 unspecified atom stereocenters. The van der Waals surface area contributed by atoms with Gasteiger partial charge < -0.3 is 25.4 Å². The van der Waals surface area contributed by atoms with Gasteiger partial charge >= 0.3 is 0 Å². The molecule has 0 radical (unpaired) electrons. The number of nitrogens with zero attached hydrogens (tertiary/aromatic N) is 1. The van der Waals surface area contributed by atoms with Crippen molar-refractivity contribution in [3.8, 4) is 5.75 Å². The van der Waals surface area contributed by atoms with Gasteiger partial charge in [0.25, 0.3) is 0 Å². The fourth-order valence-electron chi connectivity index (χ4n) is 2.75. The fourth-order valence-corrected chi connectivity index (χ4v) is 2.75. The molecule has 1 heterocycles. The predicted octanol–water partition coefficient (Wildman–Crippen LogP) is 0.999. The van der Waals surface area contributed by atoms with Crippen molar-refractivity contribution < 1.29 is 14.3 Å². The fraction of sp³-hybridized carbons (Fsp3) is 0.611. The molecule has 2 rings (SSSR count). The maximum Gasteiger partial charge on any atom is 0.227 e. The van der Waals surface area contributed by atoms with E-state index in [1.807, 2.05) is 38.4 Å². The molecule has 0 spiro atoms. The molecule has 1 aromatic carbocycles. The Kier molecular flexibility index (Phi) is 7.02. The third-order valence-corrected chi connectivity index (χ3v) is 4.48. The Morgan fingerprint density at radius 3 is 2.79 bits per heavy atom. The lowest BCUT2D eigenvalue weighted by Gasteiger charge is -2.34. The summed E-state index contributed by atoms with van der Waals surface area (Å²) in [5.74, 6) is 0.843. The number of carbonyl (C=O) groups excluding carboxylic acids is 1. The van der Waals surface area contributed by atoms with Gasteiger partial charge in [-0.3, -0.25) is 4.79 Å². The first-order valence-corrected chi connectivity index (χ1v) is 8.48. The van der Waals surface area contributed by atoms with Crippen molar-refractivity contribution in [1.82, 2.24) is 10.2 Å². The molecule has 3 N–H and O–H groups in total. The minimum Gasteiger partial charge on any atom is -0.492 e. The summed E-state index contributed by atoms with van der Waals surface area (Å²) in [5.41, 5.74) is 6.40. The molecule has 24 heavy (non-hydrogen) atoms. The number of carbonyl (C=O) groups is 1. The Morgan fingerprint density at radius 2 is 2.12 bits per heavy atom. The summed E-state index contributed by atoms with van der Waals surface area (Å²) in [4.78, 5) is 14.6. The van der Waals surface area contributed by atoms with E-state index < -0.39 is 5.41 Å². The molecule has 6 heteroatoms. The summed E-state index contributed by atoms with van der Waals surface area (Å²) in [6.45, 7) is 3.53. The van der Waals surface area contributed by atoms with Gasteiger partial charge in [0, 0.05) is 32.8 Å². The van der Waals surface area contributed by atoms with Crippen LogP contribution < -0.4 is 15.8 Å². The zero-order valence-corrected chi connectivity index (χ0v) is 14.7. The van der Waals surface area contributed by atoms with Gasteiger partial charge in [-0.15, -0.1) is 0 Å². The summed E-state index contributed by atoms with van der Waals surface area (Å²) >= 11 is 0. The number of hydrogen-bond donors (Lipinski definition) is 2. The summed E-state index contributed by atoms with van der Waals surface area (Å²) in [6, 6.07) is 7.83. The van der Waals surface area contributed by atoms with Gasteiger partial charge in [-0.1, -0.05) is 12.1 Å². The van der Waals surface area contributed by atoms with Gasteiger partial charge in [0.1, 0.15) is 12.4 Å². The van der Waals surface area contributed by atoms with Crippen LogP contribution in [0.25, 0.3) is 0 Å². The van der Waals surface area contributed by atoms with E-state index in [1.54, 1.807) is 0 Å². The van der Waals surface area contributed by atoms with Crippen LogP contribution in [0.4, 0.5) is 0 Å². The maximum atomic E-state index is 12.6. The highest BCUT2D eigenvalue weighted by Gasteiger charge is 2.38. The van der Waals surface area contributed by atoms with Crippen LogP contribution in [0.15, 0.2) is 24.3 Å². The monoisotopic (exact) mass is 335 g/mol. The lowest BCUT2D eigenvalue weighted by molar-refractivity contribution is -0.136. The average Bonchev–Trinajstić information content (AvgIpc) is 2.60. The molecule has 134 valence electrons. The normalized spacial score (nSPS) is 16.8. The van der Waals surface area contributed by atoms with Crippen LogP contribution in [0.3, 0.4) is 0 Å². The van der Waals surface area contributed by atoms with Gasteiger partial charge in [0.05, 0.1) is 5.41 Å². The van der Waals surface area contributed by atoms with Crippen LogP contribution in [0.1, 0.15) is 18.4 Å². The van der Waals surface area contributed by atoms with Gasteiger partial charge in [0.2, 0.25) is 5.91 Å². The number of nitrogens with two attached hydrogens (primary N) is 1. The predicted molar refractivity (Wildman–Crippen MR) is 93.9 cm³/mol. The quantitative estimate of drug-likeness (QED) is 0.741. The minimum absolute atomic E-state index is 0.0206. The molecule has 0 saturated carbocycles. The molecular weight excluding hydrogens is 306 g/mol. The van der Waals surface area contributed by atoms with E-state index in [0.717, 1.165) is 17.9 Å². The van der Waals surface area contributed by atoms with E-state index in [9.17, 15) is 4.79 Å². The second-order valence-corrected chi connectivity index (χ2v) is 6.58. The van der Waals surface area contributed by atoms with E-state index in [1.165, 1.54) is 0 Å². The zero-order chi connectivity index (χ0) is 17.4. The zero-order valence-electron chi connectivity index (χ0n) is 14.7. The maximum absolute atomic E-state index is 12.6. The van der Waals surface area contributed by atoms with Crippen LogP contribution in [0.5, 0.6) is 5.75 Å². The molecule has 0 atom stereocenters. The van der Waals surface area contributed by atoms with E-state index in [-0.39, 0.29) is 5.91 Å². The number of amides is 1. The molecule has 0 aromatic heterocycles. The van der Waals surface area contributed by atoms with Crippen molar-refractivity contribution in [1.29, 1.82) is 0 Å². The standard InChI is InChI=1S/C18H29N3O3/c1-21(2)8-11-24-16-5-3-4-15(12-16)13-20-17(22)18(14-19)6-9-23-10-7-18/h3-5,12H,6-11,13-14,19H2,1-2H3,(H,20,22). The first-order chi connectivity index (χ1) is 11.6. The average molecular weight is 335 g/mol. The molecule has 1 amide bonds. The Labute approximate surface area is 144 Å². The summed E-state index contributed by atoms with van der Waals surface area (Å²) in [6.07, 6.45) is 1.37. The topological polar surface area (TPSA) is 76.8 Å². The van der Waals surface area contributed by atoms with Crippen LogP contribution in [-0.2, 0) is 16.1 Å². The van der Waals surface area contributed by atoms with Crippen molar-refractivity contribution in [2.75, 3.05) is 47.0 Å². The summed E-state index contributed by atoms with van der Waals surface area (Å²) in [5, 5.41) is 3.02. The second kappa shape index (κ2) is 9.01. The van der Waals surface area contributed by atoms with Gasteiger partial charge in [-0.25, -0.2) is 0 Å². The summed E-state index contributed by atoms with van der Waals surface area (Å²) < 4.78 is 11.1. The van der Waals surface area contributed by atoms with Crippen molar-refractivity contribution >= 4 is 5.91 Å². The first kappa shape index (κ1) is 18.7. The highest BCUT2D eigenvalue weighted by Crippen LogP contribution is 2.29. The third-order valence-electron chi connectivity index (χ3n) is 4.48. The number of rotatable bonds is 8. The number of nitrogens with one attached hydrogen (secondary N) is 1. The van der Waals surface area contributed by atoms with E-state index in [0.29, 0.717) is 45.8 Å². The van der Waals surface area contributed by atoms with Crippen molar-refractivity contribution in [3.63, 3.8) is 0 Å². The Hall–Kier alpha value is -1.63. The summed E-state index contributed by atoms with van der Waals surface area (Å²) in [7, 11) is 4.03. The molecule has 1 saturated heterocycles. The number of benzene rings is 1. The lowest BCUT2D eigenvalue weighted by atomic mass is 9.79. The Bertz CT molecular complexity index is 528. The Morgan fingerprint density at radius 1 is 1.38 bits per heavy atom. The van der Waals surface area contributed by atoms with Crippen molar-refractivity contribution in [2.24, 2.45) is 11.1 Å². The SMILES string of the molecule is CN(C)CCOc1cccc(CNC(=O)C2(CN)CCOCC2)c1. The number of likely N-dealkylation sites (N-methyl/N-ethyl adjacent to an activating group) is 1. The van der Waals surface area contributed by atoms with Crippen LogP contribution in [-0.4, -0.2) is 57.8 Å². The van der Waals surface area contributed by atoms with Crippen molar-refractivity contribution in [3.05, 3.63) is 29.8 Å². The molecule has 1 aromatic rings. The molecule has 6 nitrogen and oxygen atoms in total. The van der Waals surface area contributed by atoms with E-state index in [4.69, 9.17) is 15.2 Å². The smallest absolute Gasteiger partial charge is 0.227 e. The van der Waals surface area contributed by atoms with E-state index in [2.05, 4.69) is 10.2 Å². The van der Waals surface area contributed by atoms with E-state index >= 15 is 0 Å². The highest BCUT2D eigenvalue weighted by molar-refractivity contribution is 5.83. The highest BCUT2D eigenvalue weighted by atomic mass is 16.5.